The number of halogens is 2. The fourth-order valence-corrected chi connectivity index (χ4v) is 5.29. The molecular formula is C19H27ClIN3O. The quantitative estimate of drug-likeness (QED) is 0.395. The van der Waals surface area contributed by atoms with Gasteiger partial charge in [-0.1, -0.05) is 36.6 Å². The molecule has 4 rings (SSSR count). The molecule has 4 nitrogen and oxygen atoms in total. The standard InChI is InChI=1S/C19H26ClN3O.HI/c1-21-18(22-12-13-5-4-6-14(20)11-13)23-16-15-7-10-24-17(15)19(16)8-2-3-9-19;/h4-6,11,15-17H,2-3,7-10,12H2,1H3,(H2,21,22,23);1H. The SMILES string of the molecule is CN=C(NCc1cccc(Cl)c1)NC1C2CCOC2C12CCCC2.I. The van der Waals surface area contributed by atoms with Crippen LogP contribution in [-0.4, -0.2) is 31.8 Å². The number of guanidine groups is 1. The van der Waals surface area contributed by atoms with Crippen molar-refractivity contribution >= 4 is 41.5 Å². The van der Waals surface area contributed by atoms with Crippen molar-refractivity contribution in [1.82, 2.24) is 10.6 Å². The van der Waals surface area contributed by atoms with Crippen molar-refractivity contribution in [1.29, 1.82) is 0 Å². The molecule has 1 heterocycles. The van der Waals surface area contributed by atoms with Crippen LogP contribution in [0.25, 0.3) is 0 Å². The van der Waals surface area contributed by atoms with Gasteiger partial charge in [-0.25, -0.2) is 0 Å². The number of ether oxygens (including phenoxy) is 1. The maximum absolute atomic E-state index is 6.07. The zero-order valence-electron chi connectivity index (χ0n) is 14.6. The van der Waals surface area contributed by atoms with Gasteiger partial charge in [0.15, 0.2) is 5.96 Å². The number of hydrogen-bond acceptors (Lipinski definition) is 2. The third kappa shape index (κ3) is 3.52. The number of aliphatic imine (C=N–C) groups is 1. The monoisotopic (exact) mass is 475 g/mol. The summed E-state index contributed by atoms with van der Waals surface area (Å²) in [7, 11) is 1.84. The van der Waals surface area contributed by atoms with E-state index in [-0.39, 0.29) is 24.0 Å². The van der Waals surface area contributed by atoms with Crippen LogP contribution in [-0.2, 0) is 11.3 Å². The zero-order valence-corrected chi connectivity index (χ0v) is 17.7. The third-order valence-electron chi connectivity index (χ3n) is 6.15. The van der Waals surface area contributed by atoms with Crippen molar-refractivity contribution in [2.75, 3.05) is 13.7 Å². The van der Waals surface area contributed by atoms with E-state index in [1.165, 1.54) is 32.1 Å². The van der Waals surface area contributed by atoms with Gasteiger partial charge >= 0.3 is 0 Å². The molecule has 1 aliphatic heterocycles. The summed E-state index contributed by atoms with van der Waals surface area (Å²) in [6.07, 6.45) is 6.89. The summed E-state index contributed by atoms with van der Waals surface area (Å²) in [4.78, 5) is 4.44. The van der Waals surface area contributed by atoms with Crippen LogP contribution in [0.15, 0.2) is 29.3 Å². The van der Waals surface area contributed by atoms with Gasteiger partial charge in [-0.2, -0.15) is 0 Å². The number of rotatable bonds is 3. The molecule has 0 radical (unpaired) electrons. The van der Waals surface area contributed by atoms with Gasteiger partial charge in [0.25, 0.3) is 0 Å². The second kappa shape index (κ2) is 8.01. The molecule has 1 aromatic carbocycles. The molecule has 0 aromatic heterocycles. The molecule has 2 saturated carbocycles. The van der Waals surface area contributed by atoms with Gasteiger partial charge < -0.3 is 15.4 Å². The van der Waals surface area contributed by atoms with E-state index in [4.69, 9.17) is 16.3 Å². The zero-order chi connectivity index (χ0) is 16.6. The van der Waals surface area contributed by atoms with E-state index in [0.717, 1.165) is 29.7 Å². The Morgan fingerprint density at radius 3 is 2.88 bits per heavy atom. The van der Waals surface area contributed by atoms with E-state index in [1.807, 2.05) is 25.2 Å². The Bertz CT molecular complexity index is 633. The van der Waals surface area contributed by atoms with Crippen LogP contribution in [0.2, 0.25) is 5.02 Å². The van der Waals surface area contributed by atoms with Crippen molar-refractivity contribution in [2.45, 2.75) is 50.8 Å². The summed E-state index contributed by atoms with van der Waals surface area (Å²) in [6, 6.07) is 8.45. The first-order valence-corrected chi connectivity index (χ1v) is 9.44. The number of benzene rings is 1. The molecule has 1 aromatic rings. The summed E-state index contributed by atoms with van der Waals surface area (Å²) in [5.74, 6) is 1.53. The fraction of sp³-hybridized carbons (Fsp3) is 0.632. The Balaban J connectivity index is 0.00000182. The fourth-order valence-electron chi connectivity index (χ4n) is 5.08. The highest BCUT2D eigenvalue weighted by Crippen LogP contribution is 2.60. The molecule has 25 heavy (non-hydrogen) atoms. The average Bonchev–Trinajstić information content (AvgIpc) is 3.23. The van der Waals surface area contributed by atoms with Gasteiger partial charge in [0.05, 0.1) is 6.10 Å². The lowest BCUT2D eigenvalue weighted by molar-refractivity contribution is -0.125. The molecule has 6 heteroatoms. The number of fused-ring (bicyclic) bond motifs is 2. The van der Waals surface area contributed by atoms with Crippen LogP contribution in [0.5, 0.6) is 0 Å². The second-order valence-electron chi connectivity index (χ2n) is 7.36. The maximum atomic E-state index is 6.07. The molecule has 1 saturated heterocycles. The van der Waals surface area contributed by atoms with Gasteiger partial charge in [-0.15, -0.1) is 24.0 Å². The first-order valence-electron chi connectivity index (χ1n) is 9.06. The predicted octanol–water partition coefficient (Wildman–Crippen LogP) is 3.97. The van der Waals surface area contributed by atoms with Gasteiger partial charge in [0.2, 0.25) is 0 Å². The van der Waals surface area contributed by atoms with Crippen molar-refractivity contribution in [2.24, 2.45) is 16.3 Å². The third-order valence-corrected chi connectivity index (χ3v) is 6.39. The molecule has 3 aliphatic rings. The van der Waals surface area contributed by atoms with E-state index >= 15 is 0 Å². The number of nitrogens with zero attached hydrogens (tertiary/aromatic N) is 1. The highest BCUT2D eigenvalue weighted by Gasteiger charge is 2.65. The average molecular weight is 476 g/mol. The smallest absolute Gasteiger partial charge is 0.191 e. The van der Waals surface area contributed by atoms with Crippen LogP contribution in [0.1, 0.15) is 37.7 Å². The van der Waals surface area contributed by atoms with Gasteiger partial charge in [-0.05, 0) is 37.0 Å². The summed E-state index contributed by atoms with van der Waals surface area (Å²) in [5.41, 5.74) is 1.51. The number of hydrogen-bond donors (Lipinski definition) is 2. The first kappa shape index (κ1) is 19.2. The van der Waals surface area contributed by atoms with Crippen LogP contribution in [0.3, 0.4) is 0 Å². The van der Waals surface area contributed by atoms with Gasteiger partial charge in [0.1, 0.15) is 0 Å². The van der Waals surface area contributed by atoms with Crippen molar-refractivity contribution in [3.05, 3.63) is 34.9 Å². The largest absolute Gasteiger partial charge is 0.377 e. The molecule has 2 N–H and O–H groups in total. The van der Waals surface area contributed by atoms with Crippen LogP contribution in [0, 0.1) is 11.3 Å². The number of nitrogens with one attached hydrogen (secondary N) is 2. The van der Waals surface area contributed by atoms with Crippen LogP contribution < -0.4 is 10.6 Å². The molecule has 0 amide bonds. The van der Waals surface area contributed by atoms with Crippen LogP contribution >= 0.6 is 35.6 Å². The maximum Gasteiger partial charge on any atom is 0.191 e. The van der Waals surface area contributed by atoms with Gasteiger partial charge in [0, 0.05) is 42.6 Å². The Labute approximate surface area is 172 Å². The Morgan fingerprint density at radius 1 is 1.36 bits per heavy atom. The normalized spacial score (nSPS) is 29.7. The summed E-state index contributed by atoms with van der Waals surface area (Å²) >= 11 is 6.07. The molecule has 0 bridgehead atoms. The minimum Gasteiger partial charge on any atom is -0.377 e. The van der Waals surface area contributed by atoms with E-state index in [1.54, 1.807) is 0 Å². The summed E-state index contributed by atoms with van der Waals surface area (Å²) in [6.45, 7) is 1.65. The van der Waals surface area contributed by atoms with Crippen LogP contribution in [0.4, 0.5) is 0 Å². The minimum absolute atomic E-state index is 0. The topological polar surface area (TPSA) is 45.7 Å². The first-order chi connectivity index (χ1) is 11.7. The molecule has 1 spiro atoms. The Hall–Kier alpha value is -0.530. The van der Waals surface area contributed by atoms with Crippen molar-refractivity contribution < 1.29 is 4.74 Å². The lowest BCUT2D eigenvalue weighted by atomic mass is 9.54. The summed E-state index contributed by atoms with van der Waals surface area (Å²) < 4.78 is 6.06. The van der Waals surface area contributed by atoms with E-state index in [9.17, 15) is 0 Å². The highest BCUT2D eigenvalue weighted by atomic mass is 127. The van der Waals surface area contributed by atoms with E-state index < -0.39 is 0 Å². The molecule has 3 fully saturated rings. The second-order valence-corrected chi connectivity index (χ2v) is 7.80. The summed E-state index contributed by atoms with van der Waals surface area (Å²) in [5, 5.41) is 7.93. The van der Waals surface area contributed by atoms with Gasteiger partial charge in [-0.3, -0.25) is 4.99 Å². The minimum atomic E-state index is 0. The molecule has 2 aliphatic carbocycles. The highest BCUT2D eigenvalue weighted by molar-refractivity contribution is 14.0. The Kier molecular flexibility index (Phi) is 6.16. The van der Waals surface area contributed by atoms with Crippen molar-refractivity contribution in [3.63, 3.8) is 0 Å². The van der Waals surface area contributed by atoms with E-state index in [0.29, 0.717) is 23.5 Å². The predicted molar refractivity (Wildman–Crippen MR) is 113 cm³/mol. The molecular weight excluding hydrogens is 449 g/mol. The Morgan fingerprint density at radius 2 is 2.16 bits per heavy atom. The molecule has 138 valence electrons. The lowest BCUT2D eigenvalue weighted by Crippen LogP contribution is -2.69. The lowest BCUT2D eigenvalue weighted by Gasteiger charge is -2.57. The van der Waals surface area contributed by atoms with E-state index in [2.05, 4.69) is 21.7 Å². The molecule has 3 unspecified atom stereocenters. The molecule has 3 atom stereocenters. The van der Waals surface area contributed by atoms with Crippen molar-refractivity contribution in [3.8, 4) is 0 Å².